The first-order valence-corrected chi connectivity index (χ1v) is 8.21. The third-order valence-electron chi connectivity index (χ3n) is 3.78. The molecule has 5 nitrogen and oxygen atoms in total. The van der Waals surface area contributed by atoms with Gasteiger partial charge in [0.1, 0.15) is 0 Å². The van der Waals surface area contributed by atoms with Crippen LogP contribution >= 0.6 is 11.3 Å². The zero-order valence-electron chi connectivity index (χ0n) is 13.2. The third-order valence-corrected chi connectivity index (χ3v) is 4.71. The zero-order chi connectivity index (χ0) is 16.6. The van der Waals surface area contributed by atoms with Gasteiger partial charge in [-0.25, -0.2) is 4.98 Å². The molecule has 0 aliphatic carbocycles. The van der Waals surface area contributed by atoms with Gasteiger partial charge in [0.2, 0.25) is 5.56 Å². The van der Waals surface area contributed by atoms with Gasteiger partial charge in [-0.2, -0.15) is 0 Å². The molecule has 0 bridgehead atoms. The number of carbonyl (C=O) groups is 1. The maximum absolute atomic E-state index is 12.6. The Bertz CT molecular complexity index is 956. The number of nitrogens with one attached hydrogen (secondary N) is 2. The molecule has 0 fully saturated rings. The molecule has 0 aliphatic heterocycles. The van der Waals surface area contributed by atoms with Gasteiger partial charge in [0, 0.05) is 16.3 Å². The minimum Gasteiger partial charge on any atom is -0.322 e. The number of aromatic amines is 1. The van der Waals surface area contributed by atoms with Crippen molar-refractivity contribution in [1.82, 2.24) is 9.97 Å². The Balaban J connectivity index is 2.03. The van der Waals surface area contributed by atoms with Crippen molar-refractivity contribution in [2.75, 3.05) is 5.32 Å². The second-order valence-electron chi connectivity index (χ2n) is 5.37. The van der Waals surface area contributed by atoms with Gasteiger partial charge >= 0.3 is 0 Å². The number of nitrogens with zero attached hydrogens (tertiary/aromatic N) is 1. The molecule has 2 heterocycles. The van der Waals surface area contributed by atoms with Crippen LogP contribution < -0.4 is 10.9 Å². The molecule has 0 spiro atoms. The maximum atomic E-state index is 12.6. The molecule has 0 radical (unpaired) electrons. The summed E-state index contributed by atoms with van der Waals surface area (Å²) < 4.78 is 0. The van der Waals surface area contributed by atoms with Gasteiger partial charge in [-0.05, 0) is 25.8 Å². The highest BCUT2D eigenvalue weighted by Crippen LogP contribution is 2.24. The molecule has 1 aromatic carbocycles. The fourth-order valence-electron chi connectivity index (χ4n) is 2.59. The van der Waals surface area contributed by atoms with Crippen LogP contribution in [0.1, 0.15) is 33.4 Å². The van der Waals surface area contributed by atoms with E-state index in [4.69, 9.17) is 0 Å². The maximum Gasteiger partial charge on any atom is 0.258 e. The second kappa shape index (κ2) is 5.96. The molecule has 2 N–H and O–H groups in total. The van der Waals surface area contributed by atoms with Crippen LogP contribution in [0.5, 0.6) is 0 Å². The average Bonchev–Trinajstić information content (AvgIpc) is 2.87. The van der Waals surface area contributed by atoms with Gasteiger partial charge < -0.3 is 4.98 Å². The van der Waals surface area contributed by atoms with Gasteiger partial charge in [-0.1, -0.05) is 25.1 Å². The predicted molar refractivity (Wildman–Crippen MR) is 93.5 cm³/mol. The van der Waals surface area contributed by atoms with Gasteiger partial charge in [-0.3, -0.25) is 14.9 Å². The van der Waals surface area contributed by atoms with Crippen molar-refractivity contribution in [3.63, 3.8) is 0 Å². The zero-order valence-corrected chi connectivity index (χ0v) is 14.0. The fourth-order valence-corrected chi connectivity index (χ4v) is 3.49. The minimum atomic E-state index is -0.317. The van der Waals surface area contributed by atoms with Crippen LogP contribution in [0.3, 0.4) is 0 Å². The van der Waals surface area contributed by atoms with E-state index in [0.717, 1.165) is 27.9 Å². The molecule has 0 atom stereocenters. The Morgan fingerprint density at radius 2 is 2.13 bits per heavy atom. The first-order valence-electron chi connectivity index (χ1n) is 7.40. The number of fused-ring (bicyclic) bond motifs is 1. The molecule has 0 saturated carbocycles. The molecule has 0 saturated heterocycles. The smallest absolute Gasteiger partial charge is 0.258 e. The highest BCUT2D eigenvalue weighted by molar-refractivity contribution is 7.15. The second-order valence-corrected chi connectivity index (χ2v) is 6.58. The lowest BCUT2D eigenvalue weighted by molar-refractivity contribution is 0.102. The summed E-state index contributed by atoms with van der Waals surface area (Å²) in [6.45, 7) is 5.91. The average molecular weight is 327 g/mol. The Kier molecular flexibility index (Phi) is 4.00. The van der Waals surface area contributed by atoms with E-state index in [-0.39, 0.29) is 11.5 Å². The standard InChI is InChI=1S/C17H17N3O2S/c1-4-13-10(3)23-17(18-13)20-16(22)12-8-14(21)19-15-9(2)6-5-7-11(12)15/h5-8H,4H2,1-3H3,(H,19,21)(H,18,20,22). The van der Waals surface area contributed by atoms with E-state index < -0.39 is 0 Å². The van der Waals surface area contributed by atoms with E-state index in [0.29, 0.717) is 16.2 Å². The first kappa shape index (κ1) is 15.4. The van der Waals surface area contributed by atoms with E-state index in [2.05, 4.69) is 15.3 Å². The van der Waals surface area contributed by atoms with Crippen molar-refractivity contribution in [2.45, 2.75) is 27.2 Å². The van der Waals surface area contributed by atoms with E-state index in [1.807, 2.05) is 39.0 Å². The number of rotatable bonds is 3. The number of hydrogen-bond acceptors (Lipinski definition) is 4. The molecular weight excluding hydrogens is 310 g/mol. The Hall–Kier alpha value is -2.47. The highest BCUT2D eigenvalue weighted by Gasteiger charge is 2.15. The van der Waals surface area contributed by atoms with E-state index in [9.17, 15) is 9.59 Å². The number of aromatic nitrogens is 2. The normalized spacial score (nSPS) is 10.9. The number of aryl methyl sites for hydroxylation is 3. The largest absolute Gasteiger partial charge is 0.322 e. The van der Waals surface area contributed by atoms with Crippen molar-refractivity contribution in [1.29, 1.82) is 0 Å². The van der Waals surface area contributed by atoms with Gasteiger partial charge in [0.15, 0.2) is 5.13 Å². The predicted octanol–water partition coefficient (Wildman–Crippen LogP) is 3.42. The summed E-state index contributed by atoms with van der Waals surface area (Å²) in [6.07, 6.45) is 0.825. The molecule has 3 rings (SSSR count). The molecule has 3 aromatic rings. The molecule has 0 unspecified atom stereocenters. The summed E-state index contributed by atoms with van der Waals surface area (Å²) in [7, 11) is 0. The van der Waals surface area contributed by atoms with Gasteiger partial charge in [0.05, 0.1) is 16.8 Å². The van der Waals surface area contributed by atoms with E-state index in [1.54, 1.807) is 0 Å². The van der Waals surface area contributed by atoms with Crippen LogP contribution in [-0.4, -0.2) is 15.9 Å². The minimum absolute atomic E-state index is 0.290. The SMILES string of the molecule is CCc1nc(NC(=O)c2cc(=O)[nH]c3c(C)cccc23)sc1C. The monoisotopic (exact) mass is 327 g/mol. The quantitative estimate of drug-likeness (QED) is 0.774. The summed E-state index contributed by atoms with van der Waals surface area (Å²) in [5.74, 6) is -0.317. The van der Waals surface area contributed by atoms with Crippen LogP contribution in [0.4, 0.5) is 5.13 Å². The molecule has 23 heavy (non-hydrogen) atoms. The summed E-state index contributed by atoms with van der Waals surface area (Å²) in [5, 5.41) is 4.10. The number of carbonyl (C=O) groups excluding carboxylic acids is 1. The van der Waals surface area contributed by atoms with Crippen molar-refractivity contribution in [3.05, 3.63) is 56.3 Å². The molecule has 1 amide bonds. The molecular formula is C17H17N3O2S. The van der Waals surface area contributed by atoms with Crippen molar-refractivity contribution in [3.8, 4) is 0 Å². The number of amides is 1. The topological polar surface area (TPSA) is 74.8 Å². The van der Waals surface area contributed by atoms with E-state index >= 15 is 0 Å². The Morgan fingerprint density at radius 3 is 2.83 bits per heavy atom. The lowest BCUT2D eigenvalue weighted by Gasteiger charge is -2.07. The van der Waals surface area contributed by atoms with E-state index in [1.165, 1.54) is 17.4 Å². The van der Waals surface area contributed by atoms with Crippen LogP contribution in [0, 0.1) is 13.8 Å². The van der Waals surface area contributed by atoms with Gasteiger partial charge in [0.25, 0.3) is 5.91 Å². The number of para-hydroxylation sites is 1. The molecule has 118 valence electrons. The number of H-pyrrole nitrogens is 1. The number of pyridine rings is 1. The number of benzene rings is 1. The molecule has 0 aliphatic rings. The van der Waals surface area contributed by atoms with Crippen molar-refractivity contribution >= 4 is 33.3 Å². The molecule has 2 aromatic heterocycles. The van der Waals surface area contributed by atoms with Crippen LogP contribution in [0.15, 0.2) is 29.1 Å². The lowest BCUT2D eigenvalue weighted by atomic mass is 10.1. The van der Waals surface area contributed by atoms with Crippen LogP contribution in [0.25, 0.3) is 10.9 Å². The van der Waals surface area contributed by atoms with Crippen molar-refractivity contribution in [2.24, 2.45) is 0 Å². The fraction of sp³-hybridized carbons (Fsp3) is 0.235. The van der Waals surface area contributed by atoms with Crippen LogP contribution in [0.2, 0.25) is 0 Å². The Labute approximate surface area is 137 Å². The number of thiazole rings is 1. The van der Waals surface area contributed by atoms with Gasteiger partial charge in [-0.15, -0.1) is 11.3 Å². The summed E-state index contributed by atoms with van der Waals surface area (Å²) in [4.78, 5) is 32.8. The first-order chi connectivity index (χ1) is 11.0. The third kappa shape index (κ3) is 2.90. The highest BCUT2D eigenvalue weighted by atomic mass is 32.1. The Morgan fingerprint density at radius 1 is 1.35 bits per heavy atom. The number of anilines is 1. The lowest BCUT2D eigenvalue weighted by Crippen LogP contribution is -2.17. The van der Waals surface area contributed by atoms with Crippen molar-refractivity contribution < 1.29 is 4.79 Å². The summed E-state index contributed by atoms with van der Waals surface area (Å²) in [6, 6.07) is 6.93. The summed E-state index contributed by atoms with van der Waals surface area (Å²) in [5.41, 5.74) is 2.67. The number of hydrogen-bond donors (Lipinski definition) is 2. The summed E-state index contributed by atoms with van der Waals surface area (Å²) >= 11 is 1.45. The molecule has 6 heteroatoms. The van der Waals surface area contributed by atoms with Crippen LogP contribution in [-0.2, 0) is 6.42 Å².